The van der Waals surface area contributed by atoms with Crippen LogP contribution in [0.15, 0.2) is 76.7 Å². The summed E-state index contributed by atoms with van der Waals surface area (Å²) in [6.45, 7) is 0. The first-order chi connectivity index (χ1) is 14.9. The van der Waals surface area contributed by atoms with Crippen LogP contribution < -0.4 is 10.9 Å². The number of anilines is 1. The van der Waals surface area contributed by atoms with E-state index in [9.17, 15) is 22.8 Å². The molecule has 156 valence electrons. The number of nitrogens with one attached hydrogen (secondary N) is 1. The Kier molecular flexibility index (Phi) is 5.77. The maximum absolute atomic E-state index is 14.5. The molecule has 9 heteroatoms. The van der Waals surface area contributed by atoms with Crippen LogP contribution in [0.3, 0.4) is 0 Å². The molecule has 0 bridgehead atoms. The molecule has 4 rings (SSSR count). The van der Waals surface area contributed by atoms with Gasteiger partial charge in [-0.1, -0.05) is 30.0 Å². The van der Waals surface area contributed by atoms with Gasteiger partial charge in [-0.3, -0.25) is 14.2 Å². The number of halogens is 3. The molecule has 4 aromatic rings. The number of rotatable bonds is 5. The smallest absolute Gasteiger partial charge is 0.266 e. The van der Waals surface area contributed by atoms with Crippen LogP contribution in [0.2, 0.25) is 0 Å². The lowest BCUT2D eigenvalue weighted by molar-refractivity contribution is -0.113. The fourth-order valence-electron chi connectivity index (χ4n) is 2.98. The Hall–Kier alpha value is -3.59. The van der Waals surface area contributed by atoms with E-state index >= 15 is 0 Å². The van der Waals surface area contributed by atoms with Gasteiger partial charge in [0.2, 0.25) is 5.91 Å². The number of para-hydroxylation sites is 1. The number of benzene rings is 3. The topological polar surface area (TPSA) is 64.0 Å². The lowest BCUT2D eigenvalue weighted by Crippen LogP contribution is -2.23. The van der Waals surface area contributed by atoms with Gasteiger partial charge < -0.3 is 5.32 Å². The van der Waals surface area contributed by atoms with Crippen LogP contribution in [0, 0.1) is 17.5 Å². The number of hydrogen-bond acceptors (Lipinski definition) is 4. The summed E-state index contributed by atoms with van der Waals surface area (Å²) in [5.41, 5.74) is -0.0832. The van der Waals surface area contributed by atoms with Gasteiger partial charge in [-0.15, -0.1) is 0 Å². The third kappa shape index (κ3) is 4.46. The van der Waals surface area contributed by atoms with Gasteiger partial charge in [0.1, 0.15) is 17.5 Å². The zero-order valence-corrected chi connectivity index (χ0v) is 16.6. The first kappa shape index (κ1) is 20.7. The summed E-state index contributed by atoms with van der Waals surface area (Å²) in [6, 6.07) is 14.8. The van der Waals surface area contributed by atoms with Crippen molar-refractivity contribution in [2.75, 3.05) is 11.1 Å². The van der Waals surface area contributed by atoms with E-state index in [1.807, 2.05) is 0 Å². The highest BCUT2D eigenvalue weighted by Crippen LogP contribution is 2.23. The first-order valence-corrected chi connectivity index (χ1v) is 10.1. The molecule has 1 amide bonds. The molecule has 0 spiro atoms. The van der Waals surface area contributed by atoms with Crippen molar-refractivity contribution >= 4 is 34.3 Å². The second kappa shape index (κ2) is 8.65. The predicted octanol–water partition coefficient (Wildman–Crippen LogP) is 4.53. The molecule has 31 heavy (non-hydrogen) atoms. The molecule has 0 unspecified atom stereocenters. The lowest BCUT2D eigenvalue weighted by Gasteiger charge is -2.14. The second-order valence-electron chi connectivity index (χ2n) is 6.50. The average molecular weight is 441 g/mol. The minimum atomic E-state index is -0.940. The molecule has 0 aliphatic carbocycles. The van der Waals surface area contributed by atoms with Gasteiger partial charge in [-0.25, -0.2) is 18.2 Å². The molecular weight excluding hydrogens is 427 g/mol. The van der Waals surface area contributed by atoms with E-state index in [0.717, 1.165) is 28.5 Å². The van der Waals surface area contributed by atoms with E-state index in [4.69, 9.17) is 0 Å². The van der Waals surface area contributed by atoms with Crippen LogP contribution in [-0.2, 0) is 4.79 Å². The van der Waals surface area contributed by atoms with E-state index in [1.54, 1.807) is 24.3 Å². The molecule has 0 saturated carbocycles. The molecule has 1 N–H and O–H groups in total. The van der Waals surface area contributed by atoms with Crippen LogP contribution in [0.1, 0.15) is 0 Å². The van der Waals surface area contributed by atoms with Crippen LogP contribution in [-0.4, -0.2) is 21.2 Å². The summed E-state index contributed by atoms with van der Waals surface area (Å²) in [5, 5.41) is 2.85. The van der Waals surface area contributed by atoms with Crippen molar-refractivity contribution in [3.05, 3.63) is 94.5 Å². The summed E-state index contributed by atoms with van der Waals surface area (Å²) in [5.74, 6) is -2.87. The number of carbonyl (C=O) groups excluding carboxylic acids is 1. The molecule has 0 aliphatic heterocycles. The van der Waals surface area contributed by atoms with Gasteiger partial charge in [0.15, 0.2) is 5.16 Å². The number of nitrogens with zero attached hydrogens (tertiary/aromatic N) is 2. The first-order valence-electron chi connectivity index (χ1n) is 9.08. The Labute approximate surface area is 178 Å². The molecule has 0 atom stereocenters. The molecule has 1 aromatic heterocycles. The third-order valence-electron chi connectivity index (χ3n) is 4.34. The van der Waals surface area contributed by atoms with Crippen LogP contribution in [0.25, 0.3) is 16.6 Å². The van der Waals surface area contributed by atoms with Gasteiger partial charge >= 0.3 is 0 Å². The van der Waals surface area contributed by atoms with Gasteiger partial charge in [0.25, 0.3) is 5.56 Å². The maximum Gasteiger partial charge on any atom is 0.266 e. The van der Waals surface area contributed by atoms with E-state index in [1.165, 1.54) is 24.3 Å². The average Bonchev–Trinajstić information content (AvgIpc) is 2.73. The summed E-state index contributed by atoms with van der Waals surface area (Å²) in [6.07, 6.45) is 0. The van der Waals surface area contributed by atoms with Crippen LogP contribution in [0.4, 0.5) is 18.9 Å². The highest BCUT2D eigenvalue weighted by atomic mass is 32.2. The summed E-state index contributed by atoms with van der Waals surface area (Å²) < 4.78 is 42.2. The monoisotopic (exact) mass is 441 g/mol. The number of amides is 1. The lowest BCUT2D eigenvalue weighted by atomic mass is 10.2. The van der Waals surface area contributed by atoms with Gasteiger partial charge in [-0.05, 0) is 42.5 Å². The molecule has 1 heterocycles. The quantitative estimate of drug-likeness (QED) is 0.365. The van der Waals surface area contributed by atoms with E-state index in [2.05, 4.69) is 10.3 Å². The van der Waals surface area contributed by atoms with E-state index < -0.39 is 28.9 Å². The summed E-state index contributed by atoms with van der Waals surface area (Å²) >= 11 is 0.901. The van der Waals surface area contributed by atoms with Crippen molar-refractivity contribution in [1.29, 1.82) is 0 Å². The van der Waals surface area contributed by atoms with Gasteiger partial charge in [0.05, 0.1) is 22.3 Å². The Balaban J connectivity index is 1.70. The Morgan fingerprint density at radius 1 is 0.968 bits per heavy atom. The number of thioether (sulfide) groups is 1. The fourth-order valence-corrected chi connectivity index (χ4v) is 3.78. The van der Waals surface area contributed by atoms with Crippen molar-refractivity contribution in [3.8, 4) is 5.69 Å². The molecule has 0 radical (unpaired) electrons. The number of hydrogen-bond donors (Lipinski definition) is 1. The van der Waals surface area contributed by atoms with Crippen LogP contribution in [0.5, 0.6) is 0 Å². The highest BCUT2D eigenvalue weighted by Gasteiger charge is 2.17. The predicted molar refractivity (Wildman–Crippen MR) is 113 cm³/mol. The van der Waals surface area contributed by atoms with Crippen molar-refractivity contribution < 1.29 is 18.0 Å². The van der Waals surface area contributed by atoms with Crippen molar-refractivity contribution in [2.45, 2.75) is 5.16 Å². The minimum Gasteiger partial charge on any atom is -0.325 e. The minimum absolute atomic E-state index is 0.0589. The van der Waals surface area contributed by atoms with Gasteiger partial charge in [0, 0.05) is 11.8 Å². The summed E-state index contributed by atoms with van der Waals surface area (Å²) in [4.78, 5) is 29.8. The molecule has 0 fully saturated rings. The van der Waals surface area contributed by atoms with Crippen molar-refractivity contribution in [3.63, 3.8) is 0 Å². The largest absolute Gasteiger partial charge is 0.325 e. The van der Waals surface area contributed by atoms with Crippen LogP contribution >= 0.6 is 11.8 Å². The van der Waals surface area contributed by atoms with E-state index in [-0.39, 0.29) is 27.7 Å². The zero-order chi connectivity index (χ0) is 22.0. The molecular formula is C22H14F3N3O2S. The Bertz CT molecular complexity index is 1360. The molecule has 5 nitrogen and oxygen atoms in total. The fraction of sp³-hybridized carbons (Fsp3) is 0.0455. The molecule has 3 aromatic carbocycles. The van der Waals surface area contributed by atoms with Crippen molar-refractivity contribution in [2.24, 2.45) is 0 Å². The van der Waals surface area contributed by atoms with Gasteiger partial charge in [-0.2, -0.15) is 0 Å². The number of carbonyl (C=O) groups is 1. The SMILES string of the molecule is O=C(CSc1nc2ccccc2c(=O)n1-c1ccc(F)cc1F)Nc1cccc(F)c1. The standard InChI is InChI=1S/C22H14F3N3O2S/c23-13-4-3-5-15(10-13)26-20(29)12-31-22-27-18-7-2-1-6-16(18)21(30)28(22)19-9-8-14(24)11-17(19)25/h1-11H,12H2,(H,26,29). The maximum atomic E-state index is 14.5. The second-order valence-corrected chi connectivity index (χ2v) is 7.44. The highest BCUT2D eigenvalue weighted by molar-refractivity contribution is 7.99. The normalized spacial score (nSPS) is 10.9. The van der Waals surface area contributed by atoms with E-state index in [0.29, 0.717) is 11.6 Å². The number of aromatic nitrogens is 2. The third-order valence-corrected chi connectivity index (χ3v) is 5.27. The zero-order valence-electron chi connectivity index (χ0n) is 15.8. The summed E-state index contributed by atoms with van der Waals surface area (Å²) in [7, 11) is 0. The van der Waals surface area contributed by atoms with Crippen molar-refractivity contribution in [1.82, 2.24) is 9.55 Å². The molecule has 0 aliphatic rings. The Morgan fingerprint density at radius 2 is 1.74 bits per heavy atom. The Morgan fingerprint density at radius 3 is 2.52 bits per heavy atom. The molecule has 0 saturated heterocycles. The number of fused-ring (bicyclic) bond motifs is 1.